The Labute approximate surface area is 70.1 Å². The van der Waals surface area contributed by atoms with Gasteiger partial charge in [0.05, 0.1) is 6.10 Å². The Kier molecular flexibility index (Phi) is 6.24. The van der Waals surface area contributed by atoms with Crippen LogP contribution in [0, 0.1) is 5.92 Å². The van der Waals surface area contributed by atoms with Crippen LogP contribution >= 0.6 is 0 Å². The smallest absolute Gasteiger partial charge is 0.0743 e. The predicted octanol–water partition coefficient (Wildman–Crippen LogP) is 2.75. The van der Waals surface area contributed by atoms with Gasteiger partial charge in [-0.25, -0.2) is 0 Å². The van der Waals surface area contributed by atoms with Crippen molar-refractivity contribution in [2.24, 2.45) is 5.92 Å². The van der Waals surface area contributed by atoms with E-state index in [4.69, 9.17) is 0 Å². The number of aliphatic hydroxyl groups is 1. The number of hydrogen-bond acceptors (Lipinski definition) is 1. The molecule has 0 aliphatic heterocycles. The monoisotopic (exact) mass is 156 g/mol. The van der Waals surface area contributed by atoms with Crippen molar-refractivity contribution in [3.05, 3.63) is 12.2 Å². The number of hydrogen-bond donors (Lipinski definition) is 1. The summed E-state index contributed by atoms with van der Waals surface area (Å²) >= 11 is 0. The molecule has 66 valence electrons. The van der Waals surface area contributed by atoms with Crippen LogP contribution in [0.1, 0.15) is 40.0 Å². The zero-order valence-corrected chi connectivity index (χ0v) is 7.88. The van der Waals surface area contributed by atoms with Gasteiger partial charge < -0.3 is 5.11 Å². The quantitative estimate of drug-likeness (QED) is 0.479. The summed E-state index contributed by atoms with van der Waals surface area (Å²) in [4.78, 5) is 0. The van der Waals surface area contributed by atoms with Crippen molar-refractivity contribution in [1.29, 1.82) is 0 Å². The van der Waals surface area contributed by atoms with Crippen molar-refractivity contribution in [1.82, 2.24) is 0 Å². The van der Waals surface area contributed by atoms with Crippen LogP contribution in [0.2, 0.25) is 0 Å². The standard InChI is InChI=1S/C10H20O/c1-4-5-6-7-8-10(11)9(2)3/h7-11H,4-6H2,1-3H3/b8-7+/t10-/m0/s1. The van der Waals surface area contributed by atoms with Crippen LogP contribution in [0.4, 0.5) is 0 Å². The molecule has 1 atom stereocenters. The highest BCUT2D eigenvalue weighted by Gasteiger charge is 2.02. The molecule has 0 fully saturated rings. The molecule has 0 aromatic carbocycles. The van der Waals surface area contributed by atoms with Crippen LogP contribution in [0.5, 0.6) is 0 Å². The fourth-order valence-corrected chi connectivity index (χ4v) is 0.780. The molecule has 0 aromatic rings. The van der Waals surface area contributed by atoms with Crippen LogP contribution < -0.4 is 0 Å². The maximum Gasteiger partial charge on any atom is 0.0743 e. The first-order chi connectivity index (χ1) is 5.18. The highest BCUT2D eigenvalue weighted by Crippen LogP contribution is 2.03. The first-order valence-corrected chi connectivity index (χ1v) is 4.53. The second-order valence-corrected chi connectivity index (χ2v) is 3.30. The van der Waals surface area contributed by atoms with E-state index in [0.717, 1.165) is 6.42 Å². The lowest BCUT2D eigenvalue weighted by atomic mass is 10.1. The second-order valence-electron chi connectivity index (χ2n) is 3.30. The van der Waals surface area contributed by atoms with Gasteiger partial charge in [-0.2, -0.15) is 0 Å². The molecule has 0 aliphatic carbocycles. The molecule has 0 heterocycles. The van der Waals surface area contributed by atoms with Crippen LogP contribution in [-0.2, 0) is 0 Å². The fraction of sp³-hybridized carbons (Fsp3) is 0.800. The van der Waals surface area contributed by atoms with Gasteiger partial charge in [0, 0.05) is 0 Å². The molecule has 1 nitrogen and oxygen atoms in total. The van der Waals surface area contributed by atoms with E-state index < -0.39 is 0 Å². The number of unbranched alkanes of at least 4 members (excludes halogenated alkanes) is 2. The van der Waals surface area contributed by atoms with Crippen molar-refractivity contribution in [3.63, 3.8) is 0 Å². The summed E-state index contributed by atoms with van der Waals surface area (Å²) in [5.74, 6) is 0.341. The first-order valence-electron chi connectivity index (χ1n) is 4.53. The molecule has 0 bridgehead atoms. The second kappa shape index (κ2) is 6.41. The normalized spacial score (nSPS) is 14.6. The third kappa shape index (κ3) is 6.11. The molecule has 11 heavy (non-hydrogen) atoms. The lowest BCUT2D eigenvalue weighted by molar-refractivity contribution is 0.172. The summed E-state index contributed by atoms with van der Waals surface area (Å²) in [6, 6.07) is 0. The van der Waals surface area contributed by atoms with E-state index in [0.29, 0.717) is 5.92 Å². The zero-order valence-electron chi connectivity index (χ0n) is 7.88. The van der Waals surface area contributed by atoms with Crippen molar-refractivity contribution >= 4 is 0 Å². The highest BCUT2D eigenvalue weighted by molar-refractivity contribution is 4.89. The van der Waals surface area contributed by atoms with Crippen molar-refractivity contribution in [2.75, 3.05) is 0 Å². The number of allylic oxidation sites excluding steroid dienone is 1. The summed E-state index contributed by atoms with van der Waals surface area (Å²) < 4.78 is 0. The van der Waals surface area contributed by atoms with Gasteiger partial charge in [0.1, 0.15) is 0 Å². The SMILES string of the molecule is CCCC/C=C/[C@H](O)C(C)C. The Morgan fingerprint density at radius 2 is 2.00 bits per heavy atom. The Bertz CT molecular complexity index is 105. The largest absolute Gasteiger partial charge is 0.389 e. The van der Waals surface area contributed by atoms with Crippen molar-refractivity contribution in [2.45, 2.75) is 46.1 Å². The summed E-state index contributed by atoms with van der Waals surface area (Å²) in [5.41, 5.74) is 0. The number of aliphatic hydroxyl groups excluding tert-OH is 1. The van der Waals surface area contributed by atoms with Gasteiger partial charge >= 0.3 is 0 Å². The van der Waals surface area contributed by atoms with Gasteiger partial charge in [0.25, 0.3) is 0 Å². The van der Waals surface area contributed by atoms with E-state index in [2.05, 4.69) is 13.0 Å². The maximum atomic E-state index is 9.34. The molecule has 0 rings (SSSR count). The Morgan fingerprint density at radius 3 is 2.45 bits per heavy atom. The average molecular weight is 156 g/mol. The van der Waals surface area contributed by atoms with E-state index in [9.17, 15) is 5.11 Å². The summed E-state index contributed by atoms with van der Waals surface area (Å²) in [5, 5.41) is 9.34. The zero-order chi connectivity index (χ0) is 8.69. The topological polar surface area (TPSA) is 20.2 Å². The van der Waals surface area contributed by atoms with Crippen molar-refractivity contribution < 1.29 is 5.11 Å². The fourth-order valence-electron chi connectivity index (χ4n) is 0.780. The Morgan fingerprint density at radius 1 is 1.36 bits per heavy atom. The van der Waals surface area contributed by atoms with Crippen LogP contribution in [0.25, 0.3) is 0 Å². The Hall–Kier alpha value is -0.300. The van der Waals surface area contributed by atoms with E-state index in [1.165, 1.54) is 12.8 Å². The molecule has 0 radical (unpaired) electrons. The van der Waals surface area contributed by atoms with Gasteiger partial charge in [-0.1, -0.05) is 45.8 Å². The van der Waals surface area contributed by atoms with Crippen LogP contribution in [0.15, 0.2) is 12.2 Å². The van der Waals surface area contributed by atoms with E-state index >= 15 is 0 Å². The molecule has 0 spiro atoms. The molecule has 1 heteroatoms. The molecule has 0 aromatic heterocycles. The van der Waals surface area contributed by atoms with Crippen molar-refractivity contribution in [3.8, 4) is 0 Å². The third-order valence-corrected chi connectivity index (χ3v) is 1.74. The molecule has 0 unspecified atom stereocenters. The van der Waals surface area contributed by atoms with Crippen LogP contribution in [0.3, 0.4) is 0 Å². The van der Waals surface area contributed by atoms with E-state index in [1.54, 1.807) is 0 Å². The molecular weight excluding hydrogens is 136 g/mol. The van der Waals surface area contributed by atoms with Gasteiger partial charge in [-0.3, -0.25) is 0 Å². The number of rotatable bonds is 5. The maximum absolute atomic E-state index is 9.34. The molecule has 0 aliphatic rings. The third-order valence-electron chi connectivity index (χ3n) is 1.74. The van der Waals surface area contributed by atoms with Gasteiger partial charge in [-0.05, 0) is 12.3 Å². The summed E-state index contributed by atoms with van der Waals surface area (Å²) in [7, 11) is 0. The summed E-state index contributed by atoms with van der Waals surface area (Å²) in [6.45, 7) is 6.22. The van der Waals surface area contributed by atoms with Gasteiger partial charge in [0.15, 0.2) is 0 Å². The highest BCUT2D eigenvalue weighted by atomic mass is 16.3. The average Bonchev–Trinajstić information content (AvgIpc) is 1.97. The lowest BCUT2D eigenvalue weighted by Gasteiger charge is -2.08. The van der Waals surface area contributed by atoms with Gasteiger partial charge in [-0.15, -0.1) is 0 Å². The summed E-state index contributed by atoms with van der Waals surface area (Å²) in [6.07, 6.45) is 7.27. The molecule has 0 amide bonds. The minimum Gasteiger partial charge on any atom is -0.389 e. The minimum absolute atomic E-state index is 0.258. The van der Waals surface area contributed by atoms with E-state index in [1.807, 2.05) is 19.9 Å². The minimum atomic E-state index is -0.258. The molecule has 0 saturated heterocycles. The lowest BCUT2D eigenvalue weighted by Crippen LogP contribution is -2.10. The van der Waals surface area contributed by atoms with E-state index in [-0.39, 0.29) is 6.10 Å². The molecule has 1 N–H and O–H groups in total. The predicted molar refractivity (Wildman–Crippen MR) is 49.5 cm³/mol. The van der Waals surface area contributed by atoms with Gasteiger partial charge in [0.2, 0.25) is 0 Å². The Balaban J connectivity index is 3.40. The van der Waals surface area contributed by atoms with Crippen LogP contribution in [-0.4, -0.2) is 11.2 Å². The first kappa shape index (κ1) is 10.7. The molecule has 0 saturated carbocycles. The molecular formula is C10H20O.